The van der Waals surface area contributed by atoms with Gasteiger partial charge in [0.25, 0.3) is 0 Å². The molecule has 2 aromatic carbocycles. The first kappa shape index (κ1) is 13.4. The fourth-order valence-electron chi connectivity index (χ4n) is 2.25. The second kappa shape index (κ2) is 5.43. The highest BCUT2D eigenvalue weighted by atomic mass is 35.5. The number of hydrogen-bond donors (Lipinski definition) is 0. The van der Waals surface area contributed by atoms with Gasteiger partial charge in [0, 0.05) is 17.6 Å². The van der Waals surface area contributed by atoms with Crippen LogP contribution in [0.1, 0.15) is 11.4 Å². The summed E-state index contributed by atoms with van der Waals surface area (Å²) < 4.78 is 15.2. The Bertz CT molecular complexity index is 768. The van der Waals surface area contributed by atoms with Crippen LogP contribution in [0.4, 0.5) is 4.39 Å². The van der Waals surface area contributed by atoms with E-state index in [9.17, 15) is 4.39 Å². The molecule has 0 radical (unpaired) electrons. The molecule has 0 aliphatic rings. The van der Waals surface area contributed by atoms with Crippen molar-refractivity contribution < 1.29 is 4.39 Å². The summed E-state index contributed by atoms with van der Waals surface area (Å²) in [7, 11) is 0. The molecule has 2 nitrogen and oxygen atoms in total. The fraction of sp³-hybridized carbons (Fsp3) is 0.133. The summed E-state index contributed by atoms with van der Waals surface area (Å²) >= 11 is 11.9. The van der Waals surface area contributed by atoms with E-state index >= 15 is 0 Å². The lowest BCUT2D eigenvalue weighted by Crippen LogP contribution is -2.03. The van der Waals surface area contributed by atoms with E-state index in [1.54, 1.807) is 6.07 Å². The van der Waals surface area contributed by atoms with Crippen LogP contribution in [0.15, 0.2) is 42.5 Å². The van der Waals surface area contributed by atoms with Gasteiger partial charge in [0.15, 0.2) is 0 Å². The number of imidazole rings is 1. The number of benzene rings is 2. The minimum Gasteiger partial charge on any atom is -0.322 e. The van der Waals surface area contributed by atoms with Gasteiger partial charge in [-0.25, -0.2) is 9.37 Å². The number of aromatic nitrogens is 2. The Labute approximate surface area is 125 Å². The molecule has 0 saturated carbocycles. The lowest BCUT2D eigenvalue weighted by Gasteiger charge is -2.08. The van der Waals surface area contributed by atoms with E-state index in [-0.39, 0.29) is 11.7 Å². The van der Waals surface area contributed by atoms with Crippen molar-refractivity contribution in [3.05, 3.63) is 64.7 Å². The maximum Gasteiger partial charge on any atom is 0.125 e. The van der Waals surface area contributed by atoms with Gasteiger partial charge in [0.05, 0.1) is 16.9 Å². The van der Waals surface area contributed by atoms with E-state index in [2.05, 4.69) is 4.98 Å². The van der Waals surface area contributed by atoms with E-state index in [1.165, 1.54) is 12.1 Å². The highest BCUT2D eigenvalue weighted by Crippen LogP contribution is 2.21. The molecule has 0 spiro atoms. The SMILES string of the molecule is Fc1ccc2c(c1)nc(CCl)n2Cc1cccc(Cl)c1. The number of fused-ring (bicyclic) bond motifs is 1. The number of hydrogen-bond acceptors (Lipinski definition) is 1. The third-order valence-corrected chi connectivity index (χ3v) is 3.61. The van der Waals surface area contributed by atoms with Crippen LogP contribution in [0.25, 0.3) is 11.0 Å². The van der Waals surface area contributed by atoms with Crippen LogP contribution in [-0.2, 0) is 12.4 Å². The number of nitrogens with zero attached hydrogens (tertiary/aromatic N) is 2. The zero-order chi connectivity index (χ0) is 14.1. The summed E-state index contributed by atoms with van der Waals surface area (Å²) in [5.74, 6) is 0.690. The van der Waals surface area contributed by atoms with Gasteiger partial charge in [-0.2, -0.15) is 0 Å². The average Bonchev–Trinajstić information content (AvgIpc) is 2.76. The van der Waals surface area contributed by atoms with Crippen molar-refractivity contribution in [2.75, 3.05) is 0 Å². The highest BCUT2D eigenvalue weighted by molar-refractivity contribution is 6.30. The molecule has 3 rings (SSSR count). The Morgan fingerprint density at radius 1 is 1.15 bits per heavy atom. The van der Waals surface area contributed by atoms with Gasteiger partial charge in [-0.05, 0) is 29.8 Å². The Hall–Kier alpha value is -1.58. The maximum atomic E-state index is 13.3. The van der Waals surface area contributed by atoms with Crippen LogP contribution in [-0.4, -0.2) is 9.55 Å². The van der Waals surface area contributed by atoms with Crippen molar-refractivity contribution in [2.45, 2.75) is 12.4 Å². The molecule has 0 unspecified atom stereocenters. The topological polar surface area (TPSA) is 17.8 Å². The summed E-state index contributed by atoms with van der Waals surface area (Å²) in [6, 6.07) is 12.2. The first-order valence-electron chi connectivity index (χ1n) is 6.12. The molecular weight excluding hydrogens is 298 g/mol. The van der Waals surface area contributed by atoms with Crippen molar-refractivity contribution in [1.29, 1.82) is 0 Å². The van der Waals surface area contributed by atoms with Crippen molar-refractivity contribution in [1.82, 2.24) is 9.55 Å². The van der Waals surface area contributed by atoms with Crippen molar-refractivity contribution in [2.24, 2.45) is 0 Å². The Balaban J connectivity index is 2.10. The molecule has 0 fully saturated rings. The quantitative estimate of drug-likeness (QED) is 0.646. The molecule has 1 aromatic heterocycles. The molecule has 20 heavy (non-hydrogen) atoms. The first-order valence-corrected chi connectivity index (χ1v) is 7.03. The summed E-state index contributed by atoms with van der Waals surface area (Å²) in [6.07, 6.45) is 0. The summed E-state index contributed by atoms with van der Waals surface area (Å²) in [5, 5.41) is 0.686. The van der Waals surface area contributed by atoms with Gasteiger partial charge < -0.3 is 4.57 Å². The minimum atomic E-state index is -0.300. The van der Waals surface area contributed by atoms with Crippen molar-refractivity contribution in [3.63, 3.8) is 0 Å². The molecule has 0 N–H and O–H groups in total. The summed E-state index contributed by atoms with van der Waals surface area (Å²) in [4.78, 5) is 4.37. The Morgan fingerprint density at radius 2 is 2.00 bits per heavy atom. The Morgan fingerprint density at radius 3 is 2.75 bits per heavy atom. The molecule has 0 atom stereocenters. The van der Waals surface area contributed by atoms with Gasteiger partial charge in [-0.1, -0.05) is 23.7 Å². The molecule has 1 heterocycles. The normalized spacial score (nSPS) is 11.2. The van der Waals surface area contributed by atoms with E-state index < -0.39 is 0 Å². The smallest absolute Gasteiger partial charge is 0.125 e. The molecule has 0 bridgehead atoms. The Kier molecular flexibility index (Phi) is 3.64. The van der Waals surface area contributed by atoms with E-state index in [4.69, 9.17) is 23.2 Å². The van der Waals surface area contributed by atoms with Gasteiger partial charge in [0.2, 0.25) is 0 Å². The minimum absolute atomic E-state index is 0.275. The standard InChI is InChI=1S/C15H11Cl2FN2/c16-8-15-19-13-7-12(18)4-5-14(13)20(15)9-10-2-1-3-11(17)6-10/h1-7H,8-9H2. The fourth-order valence-corrected chi connectivity index (χ4v) is 2.67. The summed E-state index contributed by atoms with van der Waals surface area (Å²) in [5.41, 5.74) is 2.53. The predicted molar refractivity (Wildman–Crippen MR) is 79.8 cm³/mol. The zero-order valence-electron chi connectivity index (χ0n) is 10.5. The van der Waals surface area contributed by atoms with Gasteiger partial charge in [0.1, 0.15) is 11.6 Å². The molecular formula is C15H11Cl2FN2. The average molecular weight is 309 g/mol. The lowest BCUT2D eigenvalue weighted by molar-refractivity contribution is 0.629. The van der Waals surface area contributed by atoms with Gasteiger partial charge >= 0.3 is 0 Å². The lowest BCUT2D eigenvalue weighted by atomic mass is 10.2. The summed E-state index contributed by atoms with van der Waals surface area (Å²) in [6.45, 7) is 0.602. The zero-order valence-corrected chi connectivity index (χ0v) is 12.0. The predicted octanol–water partition coefficient (Wildman–Crippen LogP) is 4.62. The van der Waals surface area contributed by atoms with E-state index in [1.807, 2.05) is 28.8 Å². The van der Waals surface area contributed by atoms with Crippen molar-refractivity contribution in [3.8, 4) is 0 Å². The molecule has 0 aliphatic carbocycles. The number of alkyl halides is 1. The number of halogens is 3. The van der Waals surface area contributed by atoms with Crippen LogP contribution in [0.5, 0.6) is 0 Å². The third-order valence-electron chi connectivity index (χ3n) is 3.14. The van der Waals surface area contributed by atoms with Crippen LogP contribution in [0.3, 0.4) is 0 Å². The van der Waals surface area contributed by atoms with Gasteiger partial charge in [-0.15, -0.1) is 11.6 Å². The molecule has 5 heteroatoms. The molecule has 0 amide bonds. The van der Waals surface area contributed by atoms with Crippen LogP contribution >= 0.6 is 23.2 Å². The van der Waals surface area contributed by atoms with E-state index in [0.29, 0.717) is 22.9 Å². The molecule has 0 saturated heterocycles. The second-order valence-corrected chi connectivity index (χ2v) is 5.21. The van der Waals surface area contributed by atoms with Gasteiger partial charge in [-0.3, -0.25) is 0 Å². The van der Waals surface area contributed by atoms with Crippen molar-refractivity contribution >= 4 is 34.2 Å². The second-order valence-electron chi connectivity index (χ2n) is 4.51. The largest absolute Gasteiger partial charge is 0.322 e. The third kappa shape index (κ3) is 2.51. The van der Waals surface area contributed by atoms with Crippen LogP contribution < -0.4 is 0 Å². The highest BCUT2D eigenvalue weighted by Gasteiger charge is 2.11. The van der Waals surface area contributed by atoms with Crippen LogP contribution in [0.2, 0.25) is 5.02 Å². The molecule has 102 valence electrons. The monoisotopic (exact) mass is 308 g/mol. The molecule has 0 aliphatic heterocycles. The number of rotatable bonds is 3. The first-order chi connectivity index (χ1) is 9.67. The van der Waals surface area contributed by atoms with E-state index in [0.717, 1.165) is 11.1 Å². The maximum absolute atomic E-state index is 13.3. The molecule has 3 aromatic rings. The van der Waals surface area contributed by atoms with Crippen LogP contribution in [0, 0.1) is 5.82 Å².